The van der Waals surface area contributed by atoms with Gasteiger partial charge in [-0.15, -0.1) is 0 Å². The number of methoxy groups -OCH3 is 1. The Morgan fingerprint density at radius 2 is 2.10 bits per heavy atom. The Hall–Kier alpha value is -1.70. The highest BCUT2D eigenvalue weighted by Gasteiger charge is 2.06. The first-order chi connectivity index (χ1) is 9.63. The predicted molar refractivity (Wildman–Crippen MR) is 84.2 cm³/mol. The summed E-state index contributed by atoms with van der Waals surface area (Å²) in [5.41, 5.74) is 2.32. The fourth-order valence-electron chi connectivity index (χ4n) is 1.76. The van der Waals surface area contributed by atoms with Gasteiger partial charge in [0.15, 0.2) is 0 Å². The van der Waals surface area contributed by atoms with Crippen molar-refractivity contribution in [2.24, 2.45) is 0 Å². The Labute approximate surface area is 131 Å². The minimum Gasteiger partial charge on any atom is -0.497 e. The van der Waals surface area contributed by atoms with Crippen molar-refractivity contribution in [1.82, 2.24) is 0 Å². The number of ether oxygens (including phenoxy) is 1. The van der Waals surface area contributed by atoms with E-state index in [-0.39, 0.29) is 0 Å². The lowest BCUT2D eigenvalue weighted by molar-refractivity contribution is 0.414. The lowest BCUT2D eigenvalue weighted by atomic mass is 10.1. The zero-order chi connectivity index (χ0) is 14.5. The van der Waals surface area contributed by atoms with Gasteiger partial charge in [0.05, 0.1) is 18.4 Å². The summed E-state index contributed by atoms with van der Waals surface area (Å²) < 4.78 is 6.18. The zero-order valence-electron chi connectivity index (χ0n) is 10.8. The van der Waals surface area contributed by atoms with Gasteiger partial charge in [0, 0.05) is 16.0 Å². The van der Waals surface area contributed by atoms with Gasteiger partial charge in [-0.1, -0.05) is 27.5 Å². The van der Waals surface area contributed by atoms with Crippen molar-refractivity contribution in [2.45, 2.75) is 6.54 Å². The zero-order valence-corrected chi connectivity index (χ0v) is 13.1. The van der Waals surface area contributed by atoms with Crippen molar-refractivity contribution < 1.29 is 4.74 Å². The SMILES string of the molecule is COc1ccc(Br)c(CNc2cc(Cl)ccc2C#N)c1. The maximum Gasteiger partial charge on any atom is 0.119 e. The summed E-state index contributed by atoms with van der Waals surface area (Å²) >= 11 is 9.45. The molecule has 2 aromatic rings. The lowest BCUT2D eigenvalue weighted by Gasteiger charge is -2.11. The molecule has 0 bridgehead atoms. The van der Waals surface area contributed by atoms with Crippen LogP contribution in [0, 0.1) is 11.3 Å². The first-order valence-electron chi connectivity index (χ1n) is 5.90. The van der Waals surface area contributed by atoms with E-state index in [2.05, 4.69) is 27.3 Å². The third-order valence-corrected chi connectivity index (χ3v) is 3.83. The van der Waals surface area contributed by atoms with Crippen molar-refractivity contribution in [3.05, 3.63) is 57.0 Å². The van der Waals surface area contributed by atoms with E-state index in [1.807, 2.05) is 18.2 Å². The monoisotopic (exact) mass is 350 g/mol. The number of nitriles is 1. The van der Waals surface area contributed by atoms with Crippen LogP contribution in [-0.4, -0.2) is 7.11 Å². The molecule has 0 aliphatic heterocycles. The van der Waals surface area contributed by atoms with E-state index in [1.165, 1.54) is 0 Å². The Morgan fingerprint density at radius 3 is 2.80 bits per heavy atom. The van der Waals surface area contributed by atoms with Crippen molar-refractivity contribution in [1.29, 1.82) is 5.26 Å². The van der Waals surface area contributed by atoms with E-state index < -0.39 is 0 Å². The molecule has 0 spiro atoms. The van der Waals surface area contributed by atoms with Crippen LogP contribution in [0.15, 0.2) is 40.9 Å². The summed E-state index contributed by atoms with van der Waals surface area (Å²) in [7, 11) is 1.63. The highest BCUT2D eigenvalue weighted by Crippen LogP contribution is 2.25. The molecule has 2 rings (SSSR count). The third kappa shape index (κ3) is 3.44. The molecule has 0 aliphatic rings. The molecule has 0 aromatic heterocycles. The predicted octanol–water partition coefficient (Wildman–Crippen LogP) is 4.59. The summed E-state index contributed by atoms with van der Waals surface area (Å²) in [6, 6.07) is 13.0. The van der Waals surface area contributed by atoms with E-state index >= 15 is 0 Å². The second kappa shape index (κ2) is 6.65. The van der Waals surface area contributed by atoms with Gasteiger partial charge in [-0.2, -0.15) is 5.26 Å². The fourth-order valence-corrected chi connectivity index (χ4v) is 2.32. The van der Waals surface area contributed by atoms with Crippen LogP contribution in [0.4, 0.5) is 5.69 Å². The summed E-state index contributed by atoms with van der Waals surface area (Å²) in [5, 5.41) is 12.9. The van der Waals surface area contributed by atoms with Gasteiger partial charge in [-0.25, -0.2) is 0 Å². The Morgan fingerprint density at radius 1 is 1.30 bits per heavy atom. The van der Waals surface area contributed by atoms with Gasteiger partial charge in [0.25, 0.3) is 0 Å². The van der Waals surface area contributed by atoms with Crippen LogP contribution < -0.4 is 10.1 Å². The maximum atomic E-state index is 9.08. The molecule has 5 heteroatoms. The van der Waals surface area contributed by atoms with E-state index in [0.29, 0.717) is 17.1 Å². The number of hydrogen-bond donors (Lipinski definition) is 1. The van der Waals surface area contributed by atoms with Crippen molar-refractivity contribution in [2.75, 3.05) is 12.4 Å². The van der Waals surface area contributed by atoms with Crippen LogP contribution in [0.5, 0.6) is 5.75 Å². The molecule has 0 heterocycles. The number of nitrogens with zero attached hydrogens (tertiary/aromatic N) is 1. The minimum absolute atomic E-state index is 0.562. The molecular formula is C15H12BrClN2O. The highest BCUT2D eigenvalue weighted by molar-refractivity contribution is 9.10. The molecule has 0 unspecified atom stereocenters. The Bertz CT molecular complexity index is 667. The van der Waals surface area contributed by atoms with E-state index in [0.717, 1.165) is 21.5 Å². The van der Waals surface area contributed by atoms with Crippen molar-refractivity contribution in [3.8, 4) is 11.8 Å². The fraction of sp³-hybridized carbons (Fsp3) is 0.133. The average Bonchev–Trinajstić information content (AvgIpc) is 2.46. The maximum absolute atomic E-state index is 9.08. The molecule has 0 saturated heterocycles. The van der Waals surface area contributed by atoms with E-state index in [4.69, 9.17) is 21.6 Å². The van der Waals surface area contributed by atoms with Crippen LogP contribution in [0.3, 0.4) is 0 Å². The lowest BCUT2D eigenvalue weighted by Crippen LogP contribution is -2.02. The van der Waals surface area contributed by atoms with Crippen LogP contribution in [-0.2, 0) is 6.54 Å². The molecule has 1 N–H and O–H groups in total. The van der Waals surface area contributed by atoms with Crippen LogP contribution in [0.2, 0.25) is 5.02 Å². The van der Waals surface area contributed by atoms with Gasteiger partial charge >= 0.3 is 0 Å². The van der Waals surface area contributed by atoms with Crippen molar-refractivity contribution >= 4 is 33.2 Å². The Kier molecular flexibility index (Phi) is 4.89. The Balaban J connectivity index is 2.21. The van der Waals surface area contributed by atoms with Crippen molar-refractivity contribution in [3.63, 3.8) is 0 Å². The molecule has 0 fully saturated rings. The minimum atomic E-state index is 0.562. The number of anilines is 1. The van der Waals surface area contributed by atoms with E-state index in [1.54, 1.807) is 25.3 Å². The summed E-state index contributed by atoms with van der Waals surface area (Å²) in [5.74, 6) is 0.789. The largest absolute Gasteiger partial charge is 0.497 e. The third-order valence-electron chi connectivity index (χ3n) is 2.82. The summed E-state index contributed by atoms with van der Waals surface area (Å²) in [4.78, 5) is 0. The highest BCUT2D eigenvalue weighted by atomic mass is 79.9. The first-order valence-corrected chi connectivity index (χ1v) is 7.07. The van der Waals surface area contributed by atoms with Gasteiger partial charge in [-0.3, -0.25) is 0 Å². The van der Waals surface area contributed by atoms with Gasteiger partial charge in [0.1, 0.15) is 11.8 Å². The quantitative estimate of drug-likeness (QED) is 0.876. The second-order valence-electron chi connectivity index (χ2n) is 4.11. The molecule has 0 radical (unpaired) electrons. The molecule has 2 aromatic carbocycles. The standard InChI is InChI=1S/C15H12BrClN2O/c1-20-13-4-5-14(16)11(6-13)9-19-15-7-12(17)3-2-10(15)8-18/h2-7,19H,9H2,1H3. The first kappa shape index (κ1) is 14.7. The number of halogens is 2. The van der Waals surface area contributed by atoms with Crippen LogP contribution in [0.25, 0.3) is 0 Å². The average molecular weight is 352 g/mol. The number of hydrogen-bond acceptors (Lipinski definition) is 3. The van der Waals surface area contributed by atoms with Gasteiger partial charge < -0.3 is 10.1 Å². The van der Waals surface area contributed by atoms with E-state index in [9.17, 15) is 0 Å². The topological polar surface area (TPSA) is 45.0 Å². The molecule has 0 atom stereocenters. The normalized spacial score (nSPS) is 9.90. The number of benzene rings is 2. The van der Waals surface area contributed by atoms with Gasteiger partial charge in [0.2, 0.25) is 0 Å². The number of nitrogens with one attached hydrogen (secondary N) is 1. The molecule has 0 saturated carbocycles. The number of rotatable bonds is 4. The molecule has 20 heavy (non-hydrogen) atoms. The van der Waals surface area contributed by atoms with Crippen LogP contribution in [0.1, 0.15) is 11.1 Å². The molecule has 3 nitrogen and oxygen atoms in total. The second-order valence-corrected chi connectivity index (χ2v) is 5.40. The van der Waals surface area contributed by atoms with Gasteiger partial charge in [-0.05, 0) is 42.0 Å². The summed E-state index contributed by atoms with van der Waals surface area (Å²) in [6.07, 6.45) is 0. The molecule has 102 valence electrons. The molecule has 0 aliphatic carbocycles. The molecule has 0 amide bonds. The molecular weight excluding hydrogens is 340 g/mol. The summed E-state index contributed by atoms with van der Waals surface area (Å²) in [6.45, 7) is 0.562. The van der Waals surface area contributed by atoms with Crippen LogP contribution >= 0.6 is 27.5 Å². The smallest absolute Gasteiger partial charge is 0.119 e.